The highest BCUT2D eigenvalue weighted by molar-refractivity contribution is 5.97. The molecule has 0 radical (unpaired) electrons. The highest BCUT2D eigenvalue weighted by Gasteiger charge is 2.34. The van der Waals surface area contributed by atoms with Crippen LogP contribution in [-0.2, 0) is 4.79 Å². The van der Waals surface area contributed by atoms with E-state index in [0.717, 1.165) is 36.0 Å². The third-order valence-electron chi connectivity index (χ3n) is 6.41. The Balaban J connectivity index is 1.56. The lowest BCUT2D eigenvalue weighted by atomic mass is 9.89. The van der Waals surface area contributed by atoms with E-state index in [2.05, 4.69) is 24.7 Å². The minimum atomic E-state index is -0.465. The van der Waals surface area contributed by atoms with Crippen LogP contribution >= 0.6 is 0 Å². The lowest BCUT2D eigenvalue weighted by molar-refractivity contribution is -0.133. The van der Waals surface area contributed by atoms with Crippen molar-refractivity contribution in [3.05, 3.63) is 41.6 Å². The van der Waals surface area contributed by atoms with Crippen molar-refractivity contribution in [3.8, 4) is 0 Å². The van der Waals surface area contributed by atoms with Crippen molar-refractivity contribution in [3.63, 3.8) is 0 Å². The molecule has 2 aliphatic rings. The van der Waals surface area contributed by atoms with Gasteiger partial charge in [0.1, 0.15) is 0 Å². The van der Waals surface area contributed by atoms with E-state index >= 15 is 0 Å². The van der Waals surface area contributed by atoms with E-state index in [1.165, 1.54) is 0 Å². The van der Waals surface area contributed by atoms with Gasteiger partial charge in [-0.2, -0.15) is 0 Å². The van der Waals surface area contributed by atoms with Crippen molar-refractivity contribution < 1.29 is 9.59 Å². The summed E-state index contributed by atoms with van der Waals surface area (Å²) in [6.07, 6.45) is 2.31. The molecule has 7 heteroatoms. The number of para-hydroxylation sites is 1. The molecule has 0 spiro atoms. The average molecular weight is 396 g/mol. The maximum Gasteiger partial charge on any atom is 0.250 e. The van der Waals surface area contributed by atoms with Crippen LogP contribution in [0, 0.1) is 5.92 Å². The van der Waals surface area contributed by atoms with Crippen molar-refractivity contribution in [1.29, 1.82) is 0 Å². The number of benzene rings is 1. The van der Waals surface area contributed by atoms with Crippen molar-refractivity contribution in [2.24, 2.45) is 11.7 Å². The number of hydrogen-bond acceptors (Lipinski definition) is 5. The first kappa shape index (κ1) is 19.8. The molecule has 0 aliphatic carbocycles. The highest BCUT2D eigenvalue weighted by atomic mass is 16.2. The number of pyridine rings is 1. The minimum Gasteiger partial charge on any atom is -0.366 e. The molecule has 1 aromatic carbocycles. The Kier molecular flexibility index (Phi) is 5.52. The first-order valence-electron chi connectivity index (χ1n) is 10.4. The van der Waals surface area contributed by atoms with Gasteiger partial charge in [-0.1, -0.05) is 18.2 Å². The van der Waals surface area contributed by atoms with Gasteiger partial charge in [0.15, 0.2) is 0 Å². The summed E-state index contributed by atoms with van der Waals surface area (Å²) in [5.74, 6) is -0.00453. The van der Waals surface area contributed by atoms with Gasteiger partial charge in [0.05, 0.1) is 16.8 Å². The zero-order chi connectivity index (χ0) is 20.5. The molecule has 3 atom stereocenters. The summed E-state index contributed by atoms with van der Waals surface area (Å²) in [6, 6.07) is 10.1. The number of hydrogen-bond donors (Lipinski definition) is 3. The maximum atomic E-state index is 13.0. The first-order valence-corrected chi connectivity index (χ1v) is 10.4. The van der Waals surface area contributed by atoms with Gasteiger partial charge in [-0.3, -0.25) is 25.4 Å². The summed E-state index contributed by atoms with van der Waals surface area (Å²) in [5.41, 5.74) is 14.1. The summed E-state index contributed by atoms with van der Waals surface area (Å²) < 4.78 is 0. The summed E-state index contributed by atoms with van der Waals surface area (Å²) in [7, 11) is 0. The molecular formula is C22H29N5O2. The molecule has 0 bridgehead atoms. The molecule has 3 unspecified atom stereocenters. The van der Waals surface area contributed by atoms with Crippen LogP contribution in [0.1, 0.15) is 55.1 Å². The number of nitrogens with one attached hydrogen (secondary N) is 2. The zero-order valence-corrected chi connectivity index (χ0v) is 17.0. The maximum absolute atomic E-state index is 13.0. The number of rotatable bonds is 4. The van der Waals surface area contributed by atoms with Crippen LogP contribution in [-0.4, -0.2) is 46.9 Å². The van der Waals surface area contributed by atoms with E-state index in [4.69, 9.17) is 10.7 Å². The van der Waals surface area contributed by atoms with Crippen molar-refractivity contribution in [2.75, 3.05) is 13.1 Å². The fourth-order valence-electron chi connectivity index (χ4n) is 4.66. The normalized spacial score (nSPS) is 27.3. The van der Waals surface area contributed by atoms with Gasteiger partial charge in [0.2, 0.25) is 5.91 Å². The molecular weight excluding hydrogens is 366 g/mol. The van der Waals surface area contributed by atoms with Crippen LogP contribution < -0.4 is 16.6 Å². The second-order valence-electron chi connectivity index (χ2n) is 8.39. The standard InChI is InChI=1S/C22H29N5O2/c1-13-17(14(2)26-25-13)11-20(28)27-9-5-7-16(12-27)21-18(22(23)29)10-15-6-3-4-8-19(15)24-21/h3-4,6,8,10,13-14,16-17,25-26H,5,7,9,11-12H2,1-2H3,(H2,23,29). The van der Waals surface area contributed by atoms with Crippen LogP contribution in [0.5, 0.6) is 0 Å². The summed E-state index contributed by atoms with van der Waals surface area (Å²) in [4.78, 5) is 31.8. The van der Waals surface area contributed by atoms with E-state index in [1.54, 1.807) is 0 Å². The Morgan fingerprint density at radius 1 is 1.21 bits per heavy atom. The SMILES string of the molecule is CC1NNC(C)C1CC(=O)N1CCCC(c2nc3ccccc3cc2C(N)=O)C1. The Hall–Kier alpha value is -2.51. The van der Waals surface area contributed by atoms with Crippen LogP contribution in [0.25, 0.3) is 10.9 Å². The summed E-state index contributed by atoms with van der Waals surface area (Å²) >= 11 is 0. The van der Waals surface area contributed by atoms with Gasteiger partial charge in [0, 0.05) is 48.8 Å². The van der Waals surface area contributed by atoms with Crippen LogP contribution in [0.15, 0.2) is 30.3 Å². The summed E-state index contributed by atoms with van der Waals surface area (Å²) in [5, 5.41) is 0.901. The topological polar surface area (TPSA) is 100 Å². The molecule has 4 N–H and O–H groups in total. The second-order valence-corrected chi connectivity index (χ2v) is 8.39. The number of aromatic nitrogens is 1. The Bertz CT molecular complexity index is 921. The minimum absolute atomic E-state index is 0.0227. The van der Waals surface area contributed by atoms with Crippen molar-refractivity contribution in [2.45, 2.75) is 51.1 Å². The largest absolute Gasteiger partial charge is 0.366 e. The van der Waals surface area contributed by atoms with Gasteiger partial charge in [-0.15, -0.1) is 0 Å². The van der Waals surface area contributed by atoms with Crippen LogP contribution in [0.2, 0.25) is 0 Å². The van der Waals surface area contributed by atoms with E-state index in [1.807, 2.05) is 35.2 Å². The fourth-order valence-corrected chi connectivity index (χ4v) is 4.66. The number of hydrazine groups is 1. The molecule has 29 heavy (non-hydrogen) atoms. The second kappa shape index (κ2) is 8.08. The van der Waals surface area contributed by atoms with Crippen LogP contribution in [0.3, 0.4) is 0 Å². The number of fused-ring (bicyclic) bond motifs is 1. The third-order valence-corrected chi connectivity index (χ3v) is 6.41. The number of nitrogens with zero attached hydrogens (tertiary/aromatic N) is 2. The van der Waals surface area contributed by atoms with E-state index in [9.17, 15) is 9.59 Å². The molecule has 154 valence electrons. The molecule has 2 saturated heterocycles. The number of primary amides is 1. The van der Waals surface area contributed by atoms with Gasteiger partial charge < -0.3 is 10.6 Å². The monoisotopic (exact) mass is 395 g/mol. The summed E-state index contributed by atoms with van der Waals surface area (Å²) in [6.45, 7) is 5.54. The van der Waals surface area contributed by atoms with Crippen LogP contribution in [0.4, 0.5) is 0 Å². The Morgan fingerprint density at radius 2 is 1.93 bits per heavy atom. The number of carbonyl (C=O) groups is 2. The van der Waals surface area contributed by atoms with Gasteiger partial charge in [-0.25, -0.2) is 0 Å². The molecule has 2 amide bonds. The van der Waals surface area contributed by atoms with E-state index < -0.39 is 5.91 Å². The number of piperidine rings is 1. The predicted molar refractivity (Wildman–Crippen MR) is 112 cm³/mol. The molecule has 3 heterocycles. The molecule has 0 saturated carbocycles. The molecule has 1 aromatic heterocycles. The van der Waals surface area contributed by atoms with Gasteiger partial charge in [-0.05, 0) is 38.8 Å². The lowest BCUT2D eigenvalue weighted by Gasteiger charge is -2.34. The lowest BCUT2D eigenvalue weighted by Crippen LogP contribution is -2.42. The van der Waals surface area contributed by atoms with Gasteiger partial charge >= 0.3 is 0 Å². The van der Waals surface area contributed by atoms with Crippen molar-refractivity contribution >= 4 is 22.7 Å². The molecule has 2 aliphatic heterocycles. The average Bonchev–Trinajstić information content (AvgIpc) is 3.04. The molecule has 4 rings (SSSR count). The van der Waals surface area contributed by atoms with Gasteiger partial charge in [0.25, 0.3) is 5.91 Å². The quantitative estimate of drug-likeness (QED) is 0.734. The molecule has 2 aromatic rings. The molecule has 2 fully saturated rings. The first-order chi connectivity index (χ1) is 13.9. The number of likely N-dealkylation sites (tertiary alicyclic amines) is 1. The predicted octanol–water partition coefficient (Wildman–Crippen LogP) is 1.93. The third kappa shape index (κ3) is 3.97. The number of amides is 2. The Morgan fingerprint density at radius 3 is 2.66 bits per heavy atom. The van der Waals surface area contributed by atoms with Crippen molar-refractivity contribution in [1.82, 2.24) is 20.7 Å². The molecule has 7 nitrogen and oxygen atoms in total. The van der Waals surface area contributed by atoms with E-state index in [0.29, 0.717) is 18.5 Å². The highest BCUT2D eigenvalue weighted by Crippen LogP contribution is 2.31. The Labute approximate surface area is 171 Å². The number of nitrogens with two attached hydrogens (primary N) is 1. The van der Waals surface area contributed by atoms with E-state index in [-0.39, 0.29) is 29.8 Å². The number of carbonyl (C=O) groups excluding carboxylic acids is 2. The smallest absolute Gasteiger partial charge is 0.250 e. The zero-order valence-electron chi connectivity index (χ0n) is 17.0. The fraction of sp³-hybridized carbons (Fsp3) is 0.500.